The molecule has 39 heavy (non-hydrogen) atoms. The van der Waals surface area contributed by atoms with Gasteiger partial charge in [0, 0.05) is 30.7 Å². The molecule has 2 heterocycles. The maximum absolute atomic E-state index is 10.0. The van der Waals surface area contributed by atoms with E-state index in [-0.39, 0.29) is 18.0 Å². The summed E-state index contributed by atoms with van der Waals surface area (Å²) in [6, 6.07) is 16.5. The fraction of sp³-hybridized carbons (Fsp3) is 0.393. The summed E-state index contributed by atoms with van der Waals surface area (Å²) in [4.78, 5) is 10.6. The first-order chi connectivity index (χ1) is 18.5. The van der Waals surface area contributed by atoms with E-state index in [1.165, 1.54) is 7.05 Å². The highest BCUT2D eigenvalue weighted by Gasteiger charge is 2.28. The van der Waals surface area contributed by atoms with Crippen molar-refractivity contribution in [3.05, 3.63) is 76.1 Å². The lowest BCUT2D eigenvalue weighted by molar-refractivity contribution is -0.955. The molecule has 11 heteroatoms. The van der Waals surface area contributed by atoms with Crippen LogP contribution in [0.1, 0.15) is 49.1 Å². The molecule has 1 unspecified atom stereocenters. The fourth-order valence-electron chi connectivity index (χ4n) is 4.77. The van der Waals surface area contributed by atoms with Crippen LogP contribution in [0.15, 0.2) is 48.7 Å². The summed E-state index contributed by atoms with van der Waals surface area (Å²) in [5.74, 6) is 0.924. The smallest absolute Gasteiger partial charge is 0.273 e. The molecule has 1 aliphatic rings. The van der Waals surface area contributed by atoms with E-state index in [2.05, 4.69) is 58.3 Å². The number of nitrogens with one attached hydrogen (secondary N) is 2. The number of thiol groups is 1. The van der Waals surface area contributed by atoms with E-state index in [1.807, 2.05) is 43.4 Å². The first-order valence-corrected chi connectivity index (χ1v) is 13.6. The van der Waals surface area contributed by atoms with Gasteiger partial charge >= 0.3 is 0 Å². The molecule has 206 valence electrons. The van der Waals surface area contributed by atoms with Crippen molar-refractivity contribution < 1.29 is 14.1 Å². The van der Waals surface area contributed by atoms with Crippen LogP contribution < -0.4 is 20.4 Å². The third-order valence-corrected chi connectivity index (χ3v) is 7.50. The molecule has 1 aliphatic heterocycles. The summed E-state index contributed by atoms with van der Waals surface area (Å²) in [6.45, 7) is 6.21. The van der Waals surface area contributed by atoms with Crippen molar-refractivity contribution in [3.8, 4) is 11.8 Å². The number of aromatic nitrogens is 2. The lowest BCUT2D eigenvalue weighted by Crippen LogP contribution is -2.41. The van der Waals surface area contributed by atoms with Crippen molar-refractivity contribution in [3.63, 3.8) is 0 Å². The minimum absolute atomic E-state index is 0.232. The number of nitriles is 1. The average molecular weight is 569 g/mol. The number of benzene rings is 2. The number of rotatable bonds is 9. The molecule has 1 saturated heterocycles. The standard InChI is InChI=1S/C28H35ClN7O2S/c1-28(2,21-15-19(17-30)26(25(29)16-21)35-13-10-22(31-3)11-14-35)20-5-7-24(8-6-20)38-18-23-9-12-32-27(33-23)34-36(4,37)39/h5-9,12,15-16,22,31,37,39H,10-11,13-14,18H2,1-4H3,(H,32,33,34)/q+1. The van der Waals surface area contributed by atoms with Gasteiger partial charge in [-0.15, -0.1) is 0 Å². The quantitative estimate of drug-likeness (QED) is 0.160. The number of anilines is 2. The lowest BCUT2D eigenvalue weighted by Gasteiger charge is -2.35. The normalized spacial score (nSPS) is 15.9. The van der Waals surface area contributed by atoms with E-state index in [0.29, 0.717) is 28.1 Å². The number of quaternary nitrogens is 1. The predicted molar refractivity (Wildman–Crippen MR) is 156 cm³/mol. The second kappa shape index (κ2) is 12.0. The third-order valence-electron chi connectivity index (χ3n) is 7.11. The molecule has 0 bridgehead atoms. The first kappa shape index (κ1) is 28.9. The fourth-order valence-corrected chi connectivity index (χ4v) is 5.20. The van der Waals surface area contributed by atoms with E-state index in [1.54, 1.807) is 12.3 Å². The van der Waals surface area contributed by atoms with Crippen LogP contribution in [0, 0.1) is 11.3 Å². The Morgan fingerprint density at radius 1 is 1.21 bits per heavy atom. The molecule has 0 radical (unpaired) electrons. The molecule has 3 aromatic rings. The Morgan fingerprint density at radius 2 is 1.90 bits per heavy atom. The summed E-state index contributed by atoms with van der Waals surface area (Å²) < 4.78 is 5.13. The molecule has 1 fully saturated rings. The van der Waals surface area contributed by atoms with Gasteiger partial charge in [0.2, 0.25) is 0 Å². The minimum atomic E-state index is -0.791. The van der Waals surface area contributed by atoms with Crippen LogP contribution in [-0.4, -0.2) is 52.6 Å². The largest absolute Gasteiger partial charge is 0.487 e. The molecule has 9 nitrogen and oxygen atoms in total. The highest BCUT2D eigenvalue weighted by Crippen LogP contribution is 2.39. The second-order valence-corrected chi connectivity index (χ2v) is 11.5. The summed E-state index contributed by atoms with van der Waals surface area (Å²) >= 11 is 10.8. The van der Waals surface area contributed by atoms with Gasteiger partial charge in [-0.05, 0) is 65.5 Å². The molecule has 1 aromatic heterocycles. The van der Waals surface area contributed by atoms with Crippen molar-refractivity contribution in [2.24, 2.45) is 0 Å². The van der Waals surface area contributed by atoms with Gasteiger partial charge < -0.3 is 15.0 Å². The van der Waals surface area contributed by atoms with Crippen LogP contribution in [-0.2, 0) is 12.0 Å². The number of piperidine rings is 1. The van der Waals surface area contributed by atoms with Gasteiger partial charge in [-0.25, -0.2) is 9.97 Å². The summed E-state index contributed by atoms with van der Waals surface area (Å²) in [5, 5.41) is 23.7. The van der Waals surface area contributed by atoms with Gasteiger partial charge in [-0.2, -0.15) is 15.9 Å². The van der Waals surface area contributed by atoms with Crippen molar-refractivity contribution in [2.45, 2.75) is 44.8 Å². The number of ether oxygens (including phenoxy) is 1. The Hall–Kier alpha value is -3.07. The van der Waals surface area contributed by atoms with Gasteiger partial charge in [-0.3, -0.25) is 0 Å². The Balaban J connectivity index is 1.48. The van der Waals surface area contributed by atoms with Gasteiger partial charge in [0.1, 0.15) is 38.3 Å². The van der Waals surface area contributed by atoms with Crippen molar-refractivity contribution >= 4 is 36.1 Å². The SMILES string of the molecule is CNC1CCN(c2c(Cl)cc(C(C)(C)c3ccc(OCc4ccnc(N[N+](C)(O)S)n4)cc3)cc2C#N)CC1. The number of hydroxylamine groups is 1. The molecular formula is C28H35ClN7O2S+. The Kier molecular flexibility index (Phi) is 8.89. The van der Waals surface area contributed by atoms with Crippen LogP contribution in [0.3, 0.4) is 0 Å². The maximum Gasteiger partial charge on any atom is 0.273 e. The number of halogens is 1. The number of nitrogens with zero attached hydrogens (tertiary/aromatic N) is 5. The molecule has 0 aliphatic carbocycles. The maximum atomic E-state index is 10.0. The molecule has 2 aromatic carbocycles. The number of hydrogen-bond acceptors (Lipinski definition) is 9. The Bertz CT molecular complexity index is 1330. The topological polar surface area (TPSA) is 106 Å². The summed E-state index contributed by atoms with van der Waals surface area (Å²) in [6.07, 6.45) is 3.62. The lowest BCUT2D eigenvalue weighted by atomic mass is 9.77. The zero-order chi connectivity index (χ0) is 28.2. The van der Waals surface area contributed by atoms with Crippen molar-refractivity contribution in [1.82, 2.24) is 15.3 Å². The van der Waals surface area contributed by atoms with Gasteiger partial charge in [0.25, 0.3) is 5.95 Å². The Morgan fingerprint density at radius 3 is 2.51 bits per heavy atom. The summed E-state index contributed by atoms with van der Waals surface area (Å²) in [7, 11) is 3.42. The zero-order valence-corrected chi connectivity index (χ0v) is 24.3. The van der Waals surface area contributed by atoms with Crippen LogP contribution in [0.2, 0.25) is 5.02 Å². The van der Waals surface area contributed by atoms with E-state index >= 15 is 0 Å². The van der Waals surface area contributed by atoms with E-state index in [0.717, 1.165) is 42.7 Å². The highest BCUT2D eigenvalue weighted by atomic mass is 35.5. The van der Waals surface area contributed by atoms with Crippen LogP contribution in [0.25, 0.3) is 0 Å². The minimum Gasteiger partial charge on any atom is -0.487 e. The van der Waals surface area contributed by atoms with E-state index < -0.39 is 4.16 Å². The van der Waals surface area contributed by atoms with Gasteiger partial charge in [-0.1, -0.05) is 37.6 Å². The summed E-state index contributed by atoms with van der Waals surface area (Å²) in [5.41, 5.74) is 6.38. The molecule has 0 amide bonds. The Labute approximate surface area is 240 Å². The third kappa shape index (κ3) is 7.12. The monoisotopic (exact) mass is 568 g/mol. The van der Waals surface area contributed by atoms with Crippen LogP contribution in [0.5, 0.6) is 5.75 Å². The molecule has 1 atom stereocenters. The molecule has 0 spiro atoms. The first-order valence-electron chi connectivity index (χ1n) is 12.8. The second-order valence-electron chi connectivity index (χ2n) is 10.4. The van der Waals surface area contributed by atoms with Gasteiger partial charge in [0.05, 0.1) is 22.0 Å². The van der Waals surface area contributed by atoms with Gasteiger partial charge in [0.15, 0.2) is 0 Å². The number of hydrogen-bond donors (Lipinski definition) is 4. The molecule has 3 N–H and O–H groups in total. The average Bonchev–Trinajstić information content (AvgIpc) is 2.91. The highest BCUT2D eigenvalue weighted by molar-refractivity contribution is 7.74. The van der Waals surface area contributed by atoms with Crippen molar-refractivity contribution in [2.75, 3.05) is 37.5 Å². The van der Waals surface area contributed by atoms with Crippen molar-refractivity contribution in [1.29, 1.82) is 5.26 Å². The van der Waals surface area contributed by atoms with Crippen LogP contribution >= 0.6 is 24.4 Å². The van der Waals surface area contributed by atoms with E-state index in [4.69, 9.17) is 16.3 Å². The predicted octanol–water partition coefficient (Wildman–Crippen LogP) is 5.10. The molecule has 4 rings (SSSR count). The van der Waals surface area contributed by atoms with Crippen LogP contribution in [0.4, 0.5) is 11.6 Å². The zero-order valence-electron chi connectivity index (χ0n) is 22.6. The molecular weight excluding hydrogens is 534 g/mol. The molecule has 0 saturated carbocycles. The van der Waals surface area contributed by atoms with E-state index in [9.17, 15) is 10.5 Å².